The third-order valence-electron chi connectivity index (χ3n) is 4.83. The van der Waals surface area contributed by atoms with Crippen LogP contribution in [0.1, 0.15) is 28.4 Å². The van der Waals surface area contributed by atoms with E-state index < -0.39 is 19.0 Å². The lowest BCUT2D eigenvalue weighted by molar-refractivity contribution is 0.190. The van der Waals surface area contributed by atoms with Crippen molar-refractivity contribution >= 4 is 30.8 Å². The number of hydrogen-bond acceptors (Lipinski definition) is 5. The maximum absolute atomic E-state index is 13.5. The molecule has 0 spiro atoms. The number of nitrogen functional groups attached to an aromatic ring is 1. The van der Waals surface area contributed by atoms with Gasteiger partial charge in [-0.25, -0.2) is 4.39 Å². The van der Waals surface area contributed by atoms with Crippen LogP contribution in [0.15, 0.2) is 60.9 Å². The molecule has 0 bridgehead atoms. The van der Waals surface area contributed by atoms with Crippen LogP contribution in [0, 0.1) is 11.2 Å². The molecular weight excluding hydrogens is 408 g/mol. The van der Waals surface area contributed by atoms with E-state index in [1.165, 1.54) is 12.1 Å². The molecule has 2 heterocycles. The zero-order valence-electron chi connectivity index (χ0n) is 15.9. The molecule has 1 aliphatic heterocycles. The van der Waals surface area contributed by atoms with Crippen LogP contribution < -0.4 is 15.9 Å². The van der Waals surface area contributed by atoms with Gasteiger partial charge < -0.3 is 20.1 Å². The molecule has 3 aromatic rings. The molecule has 9 heteroatoms. The van der Waals surface area contributed by atoms with Gasteiger partial charge in [0.2, 0.25) is 0 Å². The van der Waals surface area contributed by atoms with Crippen LogP contribution in [0.4, 0.5) is 4.39 Å². The maximum Gasteiger partial charge on any atom is 0.492 e. The van der Waals surface area contributed by atoms with Crippen molar-refractivity contribution in [2.75, 3.05) is 0 Å². The Hall–Kier alpha value is -2.94. The molecule has 0 amide bonds. The highest BCUT2D eigenvalue weighted by molar-refractivity contribution is 6.61. The van der Waals surface area contributed by atoms with Crippen LogP contribution in [0.3, 0.4) is 0 Å². The molecule has 154 valence electrons. The Morgan fingerprint density at radius 2 is 2.07 bits per heavy atom. The largest absolute Gasteiger partial charge is 0.492 e. The van der Waals surface area contributed by atoms with Crippen LogP contribution in [-0.2, 0) is 17.7 Å². The number of halogens is 2. The smallest absolute Gasteiger partial charge is 0.488 e. The topological polar surface area (TPSA) is 101 Å². The molecule has 0 radical (unpaired) electrons. The number of fused-ring (bicyclic) bond motifs is 1. The molecule has 0 saturated heterocycles. The first-order valence-electron chi connectivity index (χ1n) is 9.13. The van der Waals surface area contributed by atoms with Crippen molar-refractivity contribution in [1.82, 2.24) is 4.98 Å². The lowest BCUT2D eigenvalue weighted by Crippen LogP contribution is -2.28. The second-order valence-electron chi connectivity index (χ2n) is 6.85. The summed E-state index contributed by atoms with van der Waals surface area (Å²) >= 11 is 0. The van der Waals surface area contributed by atoms with Crippen molar-refractivity contribution in [3.8, 4) is 5.75 Å². The Labute approximate surface area is 179 Å². The van der Waals surface area contributed by atoms with Gasteiger partial charge in [-0.15, -0.1) is 12.4 Å². The third kappa shape index (κ3) is 4.62. The van der Waals surface area contributed by atoms with E-state index in [9.17, 15) is 9.41 Å². The van der Waals surface area contributed by atoms with Crippen molar-refractivity contribution in [3.63, 3.8) is 0 Å². The number of aromatic nitrogens is 1. The molecule has 1 atom stereocenters. The summed E-state index contributed by atoms with van der Waals surface area (Å²) < 4.78 is 25.0. The van der Waals surface area contributed by atoms with Crippen molar-refractivity contribution in [3.05, 3.63) is 89.0 Å². The van der Waals surface area contributed by atoms with Crippen molar-refractivity contribution in [2.24, 2.45) is 5.73 Å². The van der Waals surface area contributed by atoms with E-state index in [0.29, 0.717) is 29.8 Å². The maximum atomic E-state index is 13.5. The van der Waals surface area contributed by atoms with Gasteiger partial charge in [0.15, 0.2) is 0 Å². The molecule has 30 heavy (non-hydrogen) atoms. The molecule has 6 nitrogen and oxygen atoms in total. The fraction of sp³-hybridized carbons (Fsp3) is 0.143. The Morgan fingerprint density at radius 3 is 2.80 bits per heavy atom. The van der Waals surface area contributed by atoms with E-state index in [1.807, 2.05) is 24.3 Å². The lowest BCUT2D eigenvalue weighted by atomic mass is 9.79. The SMILES string of the molecule is Cl.N=C(N)c1ccc(CC2OB(O)c3cc(F)ccc32)cc1OCc1cccnc1. The van der Waals surface area contributed by atoms with Gasteiger partial charge in [0.25, 0.3) is 0 Å². The first kappa shape index (κ1) is 21.8. The Bertz CT molecular complexity index is 1050. The summed E-state index contributed by atoms with van der Waals surface area (Å²) in [6, 6.07) is 13.4. The average Bonchev–Trinajstić information content (AvgIpc) is 3.01. The van der Waals surface area contributed by atoms with Crippen LogP contribution in [0.5, 0.6) is 5.75 Å². The first-order chi connectivity index (χ1) is 14.0. The lowest BCUT2D eigenvalue weighted by Gasteiger charge is -2.16. The number of pyridine rings is 1. The number of rotatable bonds is 6. The second kappa shape index (κ2) is 9.25. The van der Waals surface area contributed by atoms with Gasteiger partial charge in [0, 0.05) is 24.4 Å². The fourth-order valence-corrected chi connectivity index (χ4v) is 3.41. The molecule has 1 unspecified atom stereocenters. The van der Waals surface area contributed by atoms with Gasteiger partial charge in [-0.3, -0.25) is 10.4 Å². The number of nitrogens with one attached hydrogen (secondary N) is 1. The summed E-state index contributed by atoms with van der Waals surface area (Å²) in [5.41, 5.74) is 9.16. The van der Waals surface area contributed by atoms with E-state index in [1.54, 1.807) is 24.5 Å². The number of amidine groups is 1. The van der Waals surface area contributed by atoms with Gasteiger partial charge in [0.05, 0.1) is 11.7 Å². The summed E-state index contributed by atoms with van der Waals surface area (Å²) in [6.45, 7) is 0.290. The molecule has 0 aliphatic carbocycles. The highest BCUT2D eigenvalue weighted by Crippen LogP contribution is 2.30. The normalized spacial score (nSPS) is 14.7. The number of benzene rings is 2. The summed E-state index contributed by atoms with van der Waals surface area (Å²) in [6.07, 6.45) is 3.44. The standard InChI is InChI=1S/C21H19BFN3O3.ClH/c23-15-4-6-16-18(10-15)22(27)29-20(16)9-13-3-5-17(21(24)25)19(8-13)28-12-14-2-1-7-26-11-14;/h1-8,10-11,20,27H,9,12H2,(H3,24,25);1H. The predicted molar refractivity (Wildman–Crippen MR) is 115 cm³/mol. The number of hydrogen-bond donors (Lipinski definition) is 3. The Balaban J connectivity index is 0.00000256. The summed E-state index contributed by atoms with van der Waals surface area (Å²) in [5, 5.41) is 17.9. The van der Waals surface area contributed by atoms with E-state index in [4.69, 9.17) is 20.5 Å². The quantitative estimate of drug-likeness (QED) is 0.319. The van der Waals surface area contributed by atoms with Gasteiger partial charge in [-0.05, 0) is 46.9 Å². The monoisotopic (exact) mass is 427 g/mol. The number of nitrogens with two attached hydrogens (primary N) is 1. The van der Waals surface area contributed by atoms with E-state index in [-0.39, 0.29) is 18.2 Å². The fourth-order valence-electron chi connectivity index (χ4n) is 3.41. The molecule has 4 N–H and O–H groups in total. The van der Waals surface area contributed by atoms with Crippen molar-refractivity contribution < 1.29 is 18.8 Å². The Kier molecular flexibility index (Phi) is 6.71. The average molecular weight is 428 g/mol. The zero-order chi connectivity index (χ0) is 20.4. The second-order valence-corrected chi connectivity index (χ2v) is 6.85. The van der Waals surface area contributed by atoms with Crippen LogP contribution in [0.2, 0.25) is 0 Å². The molecule has 1 aliphatic rings. The van der Waals surface area contributed by atoms with E-state index >= 15 is 0 Å². The highest BCUT2D eigenvalue weighted by Gasteiger charge is 2.35. The van der Waals surface area contributed by atoms with Crippen LogP contribution in [-0.4, -0.2) is 23.0 Å². The molecule has 2 aromatic carbocycles. The minimum atomic E-state index is -1.15. The summed E-state index contributed by atoms with van der Waals surface area (Å²) in [7, 11) is -1.15. The van der Waals surface area contributed by atoms with E-state index in [2.05, 4.69) is 4.98 Å². The van der Waals surface area contributed by atoms with Gasteiger partial charge in [0.1, 0.15) is 24.0 Å². The van der Waals surface area contributed by atoms with Crippen LogP contribution >= 0.6 is 12.4 Å². The Morgan fingerprint density at radius 1 is 1.23 bits per heavy atom. The number of nitrogens with zero attached hydrogens (tertiary/aromatic N) is 1. The van der Waals surface area contributed by atoms with Crippen LogP contribution in [0.25, 0.3) is 0 Å². The molecule has 0 saturated carbocycles. The predicted octanol–water partition coefficient (Wildman–Crippen LogP) is 2.51. The van der Waals surface area contributed by atoms with Gasteiger partial charge in [-0.1, -0.05) is 18.2 Å². The third-order valence-corrected chi connectivity index (χ3v) is 4.83. The molecule has 4 rings (SSSR count). The minimum Gasteiger partial charge on any atom is -0.488 e. The summed E-state index contributed by atoms with van der Waals surface area (Å²) in [4.78, 5) is 4.06. The molecule has 1 aromatic heterocycles. The van der Waals surface area contributed by atoms with Crippen molar-refractivity contribution in [1.29, 1.82) is 5.41 Å². The summed E-state index contributed by atoms with van der Waals surface area (Å²) in [5.74, 6) is -0.0215. The zero-order valence-corrected chi connectivity index (χ0v) is 16.7. The molecular formula is C21H20BClFN3O3. The number of ether oxygens (including phenoxy) is 1. The van der Waals surface area contributed by atoms with Gasteiger partial charge in [-0.2, -0.15) is 0 Å². The van der Waals surface area contributed by atoms with Gasteiger partial charge >= 0.3 is 7.12 Å². The van der Waals surface area contributed by atoms with Crippen molar-refractivity contribution in [2.45, 2.75) is 19.1 Å². The first-order valence-corrected chi connectivity index (χ1v) is 9.13. The highest BCUT2D eigenvalue weighted by atomic mass is 35.5. The minimum absolute atomic E-state index is 0. The molecule has 0 fully saturated rings. The van der Waals surface area contributed by atoms with E-state index in [0.717, 1.165) is 16.7 Å².